The Bertz CT molecular complexity index is 934. The first-order chi connectivity index (χ1) is 13.0. The number of hydrogen-bond acceptors (Lipinski definition) is 3. The predicted molar refractivity (Wildman–Crippen MR) is 111 cm³/mol. The van der Waals surface area contributed by atoms with E-state index in [-0.39, 0.29) is 5.91 Å². The highest BCUT2D eigenvalue weighted by Crippen LogP contribution is 2.27. The number of carbonyl (C=O) groups excluding carboxylic acids is 1. The molecular formula is C22H22ClN3O. The molecule has 0 aliphatic rings. The van der Waals surface area contributed by atoms with Crippen molar-refractivity contribution in [3.8, 4) is 11.1 Å². The molecule has 5 heteroatoms. The molecule has 0 aliphatic heterocycles. The number of aryl methyl sites for hydroxylation is 2. The van der Waals surface area contributed by atoms with Gasteiger partial charge in [0.2, 0.25) is 5.91 Å². The molecule has 3 aromatic rings. The number of nitrogens with one attached hydrogen (secondary N) is 1. The van der Waals surface area contributed by atoms with Gasteiger partial charge < -0.3 is 11.1 Å². The Morgan fingerprint density at radius 3 is 2.48 bits per heavy atom. The smallest absolute Gasteiger partial charge is 0.241 e. The van der Waals surface area contributed by atoms with Crippen molar-refractivity contribution in [2.24, 2.45) is 5.73 Å². The second kappa shape index (κ2) is 8.33. The normalized spacial score (nSPS) is 11.9. The molecule has 1 amide bonds. The van der Waals surface area contributed by atoms with Gasteiger partial charge in [-0.25, -0.2) is 0 Å². The van der Waals surface area contributed by atoms with E-state index in [0.717, 1.165) is 22.4 Å². The van der Waals surface area contributed by atoms with Crippen LogP contribution in [0.5, 0.6) is 0 Å². The fraction of sp³-hybridized carbons (Fsp3) is 0.182. The quantitative estimate of drug-likeness (QED) is 0.684. The van der Waals surface area contributed by atoms with Gasteiger partial charge in [-0.05, 0) is 61.2 Å². The molecule has 4 nitrogen and oxygen atoms in total. The molecule has 0 aliphatic carbocycles. The molecule has 2 aromatic carbocycles. The first-order valence-corrected chi connectivity index (χ1v) is 9.16. The minimum atomic E-state index is -0.674. The highest BCUT2D eigenvalue weighted by Gasteiger charge is 2.16. The van der Waals surface area contributed by atoms with Crippen molar-refractivity contribution in [1.82, 2.24) is 4.98 Å². The number of rotatable bonds is 5. The number of benzene rings is 2. The molecule has 1 aromatic heterocycles. The van der Waals surface area contributed by atoms with Crippen molar-refractivity contribution in [2.45, 2.75) is 26.3 Å². The van der Waals surface area contributed by atoms with Crippen LogP contribution in [0.4, 0.5) is 5.69 Å². The molecule has 0 saturated carbocycles. The number of carbonyl (C=O) groups is 1. The van der Waals surface area contributed by atoms with Crippen molar-refractivity contribution in [1.29, 1.82) is 0 Å². The van der Waals surface area contributed by atoms with E-state index in [4.69, 9.17) is 17.3 Å². The summed E-state index contributed by atoms with van der Waals surface area (Å²) in [6.07, 6.45) is 2.20. The molecule has 0 unspecified atom stereocenters. The van der Waals surface area contributed by atoms with Gasteiger partial charge in [-0.1, -0.05) is 41.9 Å². The van der Waals surface area contributed by atoms with E-state index in [1.165, 1.54) is 5.56 Å². The van der Waals surface area contributed by atoms with E-state index < -0.39 is 6.04 Å². The van der Waals surface area contributed by atoms with Crippen LogP contribution in [0.3, 0.4) is 0 Å². The fourth-order valence-corrected chi connectivity index (χ4v) is 3.29. The highest BCUT2D eigenvalue weighted by molar-refractivity contribution is 6.31. The zero-order valence-corrected chi connectivity index (χ0v) is 16.1. The molecule has 0 spiro atoms. The molecule has 138 valence electrons. The van der Waals surface area contributed by atoms with Crippen LogP contribution in [0.2, 0.25) is 5.02 Å². The summed E-state index contributed by atoms with van der Waals surface area (Å²) < 4.78 is 0. The van der Waals surface area contributed by atoms with Gasteiger partial charge in [0, 0.05) is 28.2 Å². The SMILES string of the molecule is Cc1ccnc(C)c1-c1ccc(NC(=O)[C@@H](N)Cc2ccccc2Cl)cc1. The van der Waals surface area contributed by atoms with Crippen molar-refractivity contribution in [2.75, 3.05) is 5.32 Å². The molecule has 1 atom stereocenters. The van der Waals surface area contributed by atoms with Gasteiger partial charge in [0.05, 0.1) is 6.04 Å². The highest BCUT2D eigenvalue weighted by atomic mass is 35.5. The van der Waals surface area contributed by atoms with Crippen LogP contribution in [-0.2, 0) is 11.2 Å². The first kappa shape index (κ1) is 19.1. The minimum Gasteiger partial charge on any atom is -0.325 e. The second-order valence-corrected chi connectivity index (χ2v) is 6.96. The maximum atomic E-state index is 12.4. The van der Waals surface area contributed by atoms with Gasteiger partial charge in [-0.15, -0.1) is 0 Å². The summed E-state index contributed by atoms with van der Waals surface area (Å²) >= 11 is 6.14. The number of anilines is 1. The molecule has 0 fully saturated rings. The summed E-state index contributed by atoms with van der Waals surface area (Å²) in [6, 6.07) is 16.4. The number of aromatic nitrogens is 1. The number of nitrogens with two attached hydrogens (primary N) is 1. The van der Waals surface area contributed by atoms with Crippen LogP contribution in [0.1, 0.15) is 16.8 Å². The zero-order chi connectivity index (χ0) is 19.4. The van der Waals surface area contributed by atoms with Crippen molar-refractivity contribution in [3.05, 3.63) is 82.6 Å². The van der Waals surface area contributed by atoms with Crippen molar-refractivity contribution in [3.63, 3.8) is 0 Å². The van der Waals surface area contributed by atoms with Gasteiger partial charge in [0.25, 0.3) is 0 Å². The second-order valence-electron chi connectivity index (χ2n) is 6.56. The van der Waals surface area contributed by atoms with Crippen LogP contribution in [0.25, 0.3) is 11.1 Å². The summed E-state index contributed by atoms with van der Waals surface area (Å²) in [5.74, 6) is -0.239. The summed E-state index contributed by atoms with van der Waals surface area (Å²) in [7, 11) is 0. The third-order valence-electron chi connectivity index (χ3n) is 4.52. The van der Waals surface area contributed by atoms with Gasteiger partial charge >= 0.3 is 0 Å². The summed E-state index contributed by atoms with van der Waals surface area (Å²) in [5.41, 5.74) is 11.9. The monoisotopic (exact) mass is 379 g/mol. The molecule has 3 N–H and O–H groups in total. The van der Waals surface area contributed by atoms with Gasteiger partial charge in [0.15, 0.2) is 0 Å². The molecule has 3 rings (SSSR count). The average molecular weight is 380 g/mol. The number of hydrogen-bond donors (Lipinski definition) is 2. The number of halogens is 1. The summed E-state index contributed by atoms with van der Waals surface area (Å²) in [5, 5.41) is 3.48. The van der Waals surface area contributed by atoms with E-state index in [9.17, 15) is 4.79 Å². The van der Waals surface area contributed by atoms with Gasteiger partial charge in [-0.3, -0.25) is 9.78 Å². The summed E-state index contributed by atoms with van der Waals surface area (Å²) in [4.78, 5) is 16.8. The van der Waals surface area contributed by atoms with Crippen molar-refractivity contribution >= 4 is 23.2 Å². The maximum absolute atomic E-state index is 12.4. The lowest BCUT2D eigenvalue weighted by atomic mass is 9.99. The molecule has 27 heavy (non-hydrogen) atoms. The zero-order valence-electron chi connectivity index (χ0n) is 15.4. The number of nitrogens with zero attached hydrogens (tertiary/aromatic N) is 1. The minimum absolute atomic E-state index is 0.239. The molecular weight excluding hydrogens is 358 g/mol. The van der Waals surface area contributed by atoms with E-state index in [1.54, 1.807) is 6.07 Å². The Labute approximate surface area is 164 Å². The Morgan fingerprint density at radius 2 is 1.81 bits per heavy atom. The predicted octanol–water partition coefficient (Wildman–Crippen LogP) is 4.53. The number of amides is 1. The van der Waals surface area contributed by atoms with Crippen LogP contribution in [0, 0.1) is 13.8 Å². The lowest BCUT2D eigenvalue weighted by Gasteiger charge is -2.14. The maximum Gasteiger partial charge on any atom is 0.241 e. The van der Waals surface area contributed by atoms with Crippen molar-refractivity contribution < 1.29 is 4.79 Å². The van der Waals surface area contributed by atoms with E-state index >= 15 is 0 Å². The number of pyridine rings is 1. The first-order valence-electron chi connectivity index (χ1n) is 8.78. The van der Waals surface area contributed by atoms with E-state index in [2.05, 4.69) is 17.2 Å². The Kier molecular flexibility index (Phi) is 5.89. The Balaban J connectivity index is 1.69. The molecule has 0 bridgehead atoms. The van der Waals surface area contributed by atoms with E-state index in [0.29, 0.717) is 17.1 Å². The Morgan fingerprint density at radius 1 is 1.11 bits per heavy atom. The van der Waals surface area contributed by atoms with E-state index in [1.807, 2.05) is 61.7 Å². The van der Waals surface area contributed by atoms with Gasteiger partial charge in [0.1, 0.15) is 0 Å². The third kappa shape index (κ3) is 4.54. The van der Waals surface area contributed by atoms with Crippen LogP contribution in [-0.4, -0.2) is 16.9 Å². The van der Waals surface area contributed by atoms with Crippen LogP contribution >= 0.6 is 11.6 Å². The lowest BCUT2D eigenvalue weighted by Crippen LogP contribution is -2.37. The molecule has 1 heterocycles. The van der Waals surface area contributed by atoms with Crippen LogP contribution in [0.15, 0.2) is 60.8 Å². The Hall–Kier alpha value is -2.69. The molecule has 0 radical (unpaired) electrons. The molecule has 0 saturated heterocycles. The summed E-state index contributed by atoms with van der Waals surface area (Å²) in [6.45, 7) is 4.05. The van der Waals surface area contributed by atoms with Gasteiger partial charge in [-0.2, -0.15) is 0 Å². The standard InChI is InChI=1S/C22H22ClN3O/c1-14-11-12-25-15(2)21(14)16-7-9-18(10-8-16)26-22(27)20(24)13-17-5-3-4-6-19(17)23/h3-12,20H,13,24H2,1-2H3,(H,26,27)/t20-/m0/s1. The topological polar surface area (TPSA) is 68.0 Å². The lowest BCUT2D eigenvalue weighted by molar-refractivity contribution is -0.117. The largest absolute Gasteiger partial charge is 0.325 e. The fourth-order valence-electron chi connectivity index (χ4n) is 3.08. The average Bonchev–Trinajstić information content (AvgIpc) is 2.64. The van der Waals surface area contributed by atoms with Crippen LogP contribution < -0.4 is 11.1 Å². The third-order valence-corrected chi connectivity index (χ3v) is 4.89.